The van der Waals surface area contributed by atoms with Gasteiger partial charge in [0.25, 0.3) is 0 Å². The second-order valence-electron chi connectivity index (χ2n) is 5.95. The van der Waals surface area contributed by atoms with E-state index in [9.17, 15) is 4.79 Å². The molecule has 0 aliphatic carbocycles. The van der Waals surface area contributed by atoms with E-state index in [1.165, 1.54) is 16.7 Å². The van der Waals surface area contributed by atoms with Crippen LogP contribution in [0.4, 0.5) is 0 Å². The van der Waals surface area contributed by atoms with Crippen molar-refractivity contribution in [2.24, 2.45) is 5.92 Å². The van der Waals surface area contributed by atoms with Crippen LogP contribution >= 0.6 is 0 Å². The zero-order valence-corrected chi connectivity index (χ0v) is 13.5. The Kier molecular flexibility index (Phi) is 5.09. The van der Waals surface area contributed by atoms with Gasteiger partial charge in [0.2, 0.25) is 0 Å². The van der Waals surface area contributed by atoms with E-state index >= 15 is 0 Å². The van der Waals surface area contributed by atoms with Crippen LogP contribution in [0.15, 0.2) is 54.6 Å². The molecule has 23 heavy (non-hydrogen) atoms. The number of nitrogens with one attached hydrogen (secondary N) is 1. The summed E-state index contributed by atoms with van der Waals surface area (Å²) in [5.74, 6) is 0.0586. The highest BCUT2D eigenvalue weighted by atomic mass is 16.5. The maximum absolute atomic E-state index is 12.2. The van der Waals surface area contributed by atoms with Crippen molar-refractivity contribution >= 4 is 5.97 Å². The summed E-state index contributed by atoms with van der Waals surface area (Å²) in [6, 6.07) is 19.0. The summed E-state index contributed by atoms with van der Waals surface area (Å²) in [5, 5.41) is 3.31. The lowest BCUT2D eigenvalue weighted by Gasteiger charge is -2.31. The van der Waals surface area contributed by atoms with Gasteiger partial charge >= 0.3 is 5.97 Å². The Hall–Kier alpha value is -2.13. The third-order valence-electron chi connectivity index (χ3n) is 4.52. The predicted molar refractivity (Wildman–Crippen MR) is 92.2 cm³/mol. The molecule has 1 heterocycles. The molecule has 2 aromatic carbocycles. The molecule has 3 rings (SSSR count). The summed E-state index contributed by atoms with van der Waals surface area (Å²) in [6.07, 6.45) is 0.966. The molecule has 1 fully saturated rings. The number of ether oxygens (including phenoxy) is 1. The van der Waals surface area contributed by atoms with E-state index in [0.29, 0.717) is 13.2 Å². The summed E-state index contributed by atoms with van der Waals surface area (Å²) in [5.41, 5.74) is 3.64. The van der Waals surface area contributed by atoms with Crippen molar-refractivity contribution in [3.63, 3.8) is 0 Å². The number of hydrogen-bond donors (Lipinski definition) is 1. The monoisotopic (exact) mass is 309 g/mol. The fourth-order valence-corrected chi connectivity index (χ4v) is 3.31. The second kappa shape index (κ2) is 7.42. The number of esters is 1. The van der Waals surface area contributed by atoms with Gasteiger partial charge in [0, 0.05) is 6.54 Å². The average molecular weight is 309 g/mol. The molecule has 0 spiro atoms. The van der Waals surface area contributed by atoms with Crippen molar-refractivity contribution in [2.75, 3.05) is 19.7 Å². The van der Waals surface area contributed by atoms with Gasteiger partial charge in [-0.25, -0.2) is 0 Å². The third-order valence-corrected chi connectivity index (χ3v) is 4.52. The molecule has 1 aliphatic heterocycles. The Bertz CT molecular complexity index is 636. The molecule has 1 N–H and O–H groups in total. The van der Waals surface area contributed by atoms with E-state index in [-0.39, 0.29) is 17.8 Å². The first-order valence-electron chi connectivity index (χ1n) is 8.32. The Balaban J connectivity index is 1.81. The van der Waals surface area contributed by atoms with E-state index in [1.807, 2.05) is 25.1 Å². The van der Waals surface area contributed by atoms with Crippen LogP contribution in [-0.2, 0) is 9.53 Å². The van der Waals surface area contributed by atoms with Gasteiger partial charge in [-0.2, -0.15) is 0 Å². The van der Waals surface area contributed by atoms with E-state index in [2.05, 4.69) is 41.7 Å². The lowest BCUT2D eigenvalue weighted by molar-refractivity contribution is -0.149. The molecule has 0 aromatic heterocycles. The highest BCUT2D eigenvalue weighted by molar-refractivity contribution is 5.74. The number of carbonyl (C=O) groups is 1. The second-order valence-corrected chi connectivity index (χ2v) is 5.95. The van der Waals surface area contributed by atoms with Crippen LogP contribution in [0.1, 0.15) is 24.8 Å². The number of piperidine rings is 1. The van der Waals surface area contributed by atoms with E-state index in [4.69, 9.17) is 4.74 Å². The lowest BCUT2D eigenvalue weighted by atomic mass is 9.81. The van der Waals surface area contributed by atoms with Crippen LogP contribution in [0, 0.1) is 5.92 Å². The van der Waals surface area contributed by atoms with Crippen LogP contribution in [0.2, 0.25) is 0 Å². The minimum Gasteiger partial charge on any atom is -0.466 e. The molecule has 2 aromatic rings. The molecule has 120 valence electrons. The van der Waals surface area contributed by atoms with Gasteiger partial charge in [0.15, 0.2) is 0 Å². The molecule has 1 saturated heterocycles. The topological polar surface area (TPSA) is 38.3 Å². The van der Waals surface area contributed by atoms with Gasteiger partial charge in [-0.1, -0.05) is 54.6 Å². The SMILES string of the molecule is CCOC(=O)[C@H]1CNCC[C@H]1c1ccc(-c2ccccc2)cc1. The molecule has 0 unspecified atom stereocenters. The molecule has 0 saturated carbocycles. The van der Waals surface area contributed by atoms with E-state index in [1.54, 1.807) is 0 Å². The van der Waals surface area contributed by atoms with Crippen LogP contribution in [0.3, 0.4) is 0 Å². The van der Waals surface area contributed by atoms with Crippen molar-refractivity contribution < 1.29 is 9.53 Å². The Morgan fingerprint density at radius 2 is 1.78 bits per heavy atom. The first kappa shape index (κ1) is 15.8. The molecule has 0 radical (unpaired) electrons. The minimum atomic E-state index is -0.0914. The zero-order valence-electron chi connectivity index (χ0n) is 13.5. The third kappa shape index (κ3) is 3.62. The maximum atomic E-state index is 12.2. The predicted octanol–water partition coefficient (Wildman–Crippen LogP) is 3.61. The maximum Gasteiger partial charge on any atom is 0.310 e. The van der Waals surface area contributed by atoms with Gasteiger partial charge in [-0.3, -0.25) is 4.79 Å². The minimum absolute atomic E-state index is 0.0863. The van der Waals surface area contributed by atoms with Crippen LogP contribution < -0.4 is 5.32 Å². The van der Waals surface area contributed by atoms with Crippen molar-refractivity contribution in [1.82, 2.24) is 5.32 Å². The van der Waals surface area contributed by atoms with Crippen LogP contribution in [-0.4, -0.2) is 25.7 Å². The molecule has 3 heteroatoms. The van der Waals surface area contributed by atoms with Crippen molar-refractivity contribution in [2.45, 2.75) is 19.3 Å². The quantitative estimate of drug-likeness (QED) is 0.877. The first-order valence-corrected chi connectivity index (χ1v) is 8.32. The van der Waals surface area contributed by atoms with Crippen molar-refractivity contribution in [1.29, 1.82) is 0 Å². The first-order chi connectivity index (χ1) is 11.3. The molecular weight excluding hydrogens is 286 g/mol. The Labute approximate surface area is 137 Å². The molecular formula is C20H23NO2. The van der Waals surface area contributed by atoms with Gasteiger partial charge in [-0.05, 0) is 42.5 Å². The summed E-state index contributed by atoms with van der Waals surface area (Å²) >= 11 is 0. The normalized spacial score (nSPS) is 20.9. The molecule has 1 aliphatic rings. The summed E-state index contributed by atoms with van der Waals surface area (Å²) in [6.45, 7) is 3.94. The van der Waals surface area contributed by atoms with Crippen LogP contribution in [0.25, 0.3) is 11.1 Å². The number of carbonyl (C=O) groups excluding carboxylic acids is 1. The summed E-state index contributed by atoms with van der Waals surface area (Å²) in [4.78, 5) is 12.2. The smallest absolute Gasteiger partial charge is 0.310 e. The fraction of sp³-hybridized carbons (Fsp3) is 0.350. The van der Waals surface area contributed by atoms with Crippen LogP contribution in [0.5, 0.6) is 0 Å². The summed E-state index contributed by atoms with van der Waals surface area (Å²) < 4.78 is 5.25. The Morgan fingerprint density at radius 3 is 2.48 bits per heavy atom. The highest BCUT2D eigenvalue weighted by Gasteiger charge is 2.32. The number of rotatable bonds is 4. The van der Waals surface area contributed by atoms with Crippen molar-refractivity contribution in [3.05, 3.63) is 60.2 Å². The van der Waals surface area contributed by atoms with E-state index < -0.39 is 0 Å². The molecule has 0 bridgehead atoms. The van der Waals surface area contributed by atoms with E-state index in [0.717, 1.165) is 13.0 Å². The zero-order chi connectivity index (χ0) is 16.1. The summed E-state index contributed by atoms with van der Waals surface area (Å²) in [7, 11) is 0. The highest BCUT2D eigenvalue weighted by Crippen LogP contribution is 2.32. The largest absolute Gasteiger partial charge is 0.466 e. The number of benzene rings is 2. The average Bonchev–Trinajstić information content (AvgIpc) is 2.63. The van der Waals surface area contributed by atoms with Gasteiger partial charge in [0.1, 0.15) is 0 Å². The van der Waals surface area contributed by atoms with Gasteiger partial charge < -0.3 is 10.1 Å². The standard InChI is InChI=1S/C20H23NO2/c1-2-23-20(22)19-14-21-13-12-18(19)17-10-8-16(9-11-17)15-6-4-3-5-7-15/h3-11,18-19,21H,2,12-14H2,1H3/t18-,19-/m0/s1. The number of hydrogen-bond acceptors (Lipinski definition) is 3. The van der Waals surface area contributed by atoms with Gasteiger partial charge in [-0.15, -0.1) is 0 Å². The molecule has 0 amide bonds. The molecule has 3 nitrogen and oxygen atoms in total. The lowest BCUT2D eigenvalue weighted by Crippen LogP contribution is -2.40. The van der Waals surface area contributed by atoms with Crippen molar-refractivity contribution in [3.8, 4) is 11.1 Å². The molecule has 2 atom stereocenters. The van der Waals surface area contributed by atoms with Gasteiger partial charge in [0.05, 0.1) is 12.5 Å². The Morgan fingerprint density at radius 1 is 1.09 bits per heavy atom. The fourth-order valence-electron chi connectivity index (χ4n) is 3.31.